The Kier molecular flexibility index (Phi) is 7.33. The van der Waals surface area contributed by atoms with Crippen LogP contribution in [-0.4, -0.2) is 29.0 Å². The normalized spacial score (nSPS) is 14.3. The highest BCUT2D eigenvalue weighted by molar-refractivity contribution is 6.31. The van der Waals surface area contributed by atoms with E-state index in [2.05, 4.69) is 10.4 Å². The molecule has 1 aromatic heterocycles. The van der Waals surface area contributed by atoms with E-state index < -0.39 is 29.2 Å². The Bertz CT molecular complexity index is 1600. The maximum atomic E-state index is 15.4. The van der Waals surface area contributed by atoms with Gasteiger partial charge in [-0.15, -0.1) is 0 Å². The van der Waals surface area contributed by atoms with Crippen molar-refractivity contribution < 1.29 is 27.8 Å². The number of ether oxygens (including phenoxy) is 2. The molecule has 0 bridgehead atoms. The molecule has 1 fully saturated rings. The molecule has 4 aromatic rings. The van der Waals surface area contributed by atoms with Gasteiger partial charge in [0.1, 0.15) is 23.6 Å². The lowest BCUT2D eigenvalue weighted by Crippen LogP contribution is -2.21. The van der Waals surface area contributed by atoms with Gasteiger partial charge >= 0.3 is 12.1 Å². The van der Waals surface area contributed by atoms with E-state index in [9.17, 15) is 9.59 Å². The number of methoxy groups -OCH3 is 1. The van der Waals surface area contributed by atoms with Crippen molar-refractivity contribution in [2.45, 2.75) is 31.3 Å². The zero-order valence-electron chi connectivity index (χ0n) is 22.0. The number of benzene rings is 3. The quantitative estimate of drug-likeness (QED) is 0.240. The van der Waals surface area contributed by atoms with E-state index in [1.54, 1.807) is 62.5 Å². The highest BCUT2D eigenvalue weighted by atomic mass is 35.5. The number of aryl methyl sites for hydroxylation is 1. The van der Waals surface area contributed by atoms with Crippen molar-refractivity contribution in [3.63, 3.8) is 0 Å². The summed E-state index contributed by atoms with van der Waals surface area (Å²) in [6, 6.07) is 15.9. The maximum absolute atomic E-state index is 15.4. The van der Waals surface area contributed by atoms with Gasteiger partial charge in [-0.25, -0.2) is 13.6 Å². The first-order chi connectivity index (χ1) is 19.1. The predicted octanol–water partition coefficient (Wildman–Crippen LogP) is 7.20. The van der Waals surface area contributed by atoms with E-state index in [1.807, 2.05) is 0 Å². The lowest BCUT2D eigenvalue weighted by atomic mass is 9.93. The molecular formula is C30H26ClF2N3O4. The number of esters is 1. The fourth-order valence-corrected chi connectivity index (χ4v) is 5.10. The molecule has 1 heterocycles. The van der Waals surface area contributed by atoms with Crippen molar-refractivity contribution >= 4 is 29.5 Å². The number of aromatic nitrogens is 2. The number of nitrogens with one attached hydrogen (secondary N) is 1. The van der Waals surface area contributed by atoms with Gasteiger partial charge in [-0.05, 0) is 49.1 Å². The van der Waals surface area contributed by atoms with Crippen molar-refractivity contribution in [3.05, 3.63) is 94.6 Å². The smallest absolute Gasteiger partial charge is 0.413 e. The Balaban J connectivity index is 1.38. The van der Waals surface area contributed by atoms with Crippen molar-refractivity contribution in [3.8, 4) is 22.3 Å². The van der Waals surface area contributed by atoms with Crippen molar-refractivity contribution in [2.24, 2.45) is 7.05 Å². The summed E-state index contributed by atoms with van der Waals surface area (Å²) in [4.78, 5) is 24.9. The third kappa shape index (κ3) is 5.04. The van der Waals surface area contributed by atoms with Crippen LogP contribution in [0.1, 0.15) is 37.0 Å². The molecular weight excluding hydrogens is 540 g/mol. The molecule has 0 aliphatic heterocycles. The van der Waals surface area contributed by atoms with Gasteiger partial charge in [-0.1, -0.05) is 54.1 Å². The van der Waals surface area contributed by atoms with Crippen LogP contribution in [0.4, 0.5) is 19.4 Å². The number of rotatable bonds is 7. The SMILES string of the molecule is COC(=O)C1(c2ccc(-c3cc(F)c(-c4cnn(C)c4NC(=O)O[C@H](C)c4ccccc4Cl)cc3F)cc2)CC1. The highest BCUT2D eigenvalue weighted by Gasteiger charge is 2.52. The van der Waals surface area contributed by atoms with Crippen LogP contribution >= 0.6 is 11.6 Å². The Morgan fingerprint density at radius 1 is 1.02 bits per heavy atom. The van der Waals surface area contributed by atoms with Crippen LogP contribution in [-0.2, 0) is 26.7 Å². The van der Waals surface area contributed by atoms with Gasteiger partial charge in [0.15, 0.2) is 0 Å². The Hall–Kier alpha value is -4.24. The molecule has 10 heteroatoms. The lowest BCUT2D eigenvalue weighted by Gasteiger charge is -2.16. The van der Waals surface area contributed by atoms with E-state index in [0.29, 0.717) is 29.0 Å². The zero-order chi connectivity index (χ0) is 28.6. The summed E-state index contributed by atoms with van der Waals surface area (Å²) in [6.07, 6.45) is 1.24. The van der Waals surface area contributed by atoms with E-state index in [1.165, 1.54) is 18.0 Å². The molecule has 5 rings (SSSR count). The molecule has 0 unspecified atom stereocenters. The summed E-state index contributed by atoms with van der Waals surface area (Å²) in [5, 5.41) is 7.14. The summed E-state index contributed by atoms with van der Waals surface area (Å²) >= 11 is 6.19. The molecule has 1 saturated carbocycles. The number of hydrogen-bond acceptors (Lipinski definition) is 5. The van der Waals surface area contributed by atoms with Crippen molar-refractivity contribution in [1.29, 1.82) is 0 Å². The van der Waals surface area contributed by atoms with Crippen LogP contribution < -0.4 is 5.32 Å². The van der Waals surface area contributed by atoms with E-state index in [4.69, 9.17) is 21.1 Å². The molecule has 1 aliphatic rings. The van der Waals surface area contributed by atoms with Gasteiger partial charge in [-0.3, -0.25) is 14.8 Å². The Morgan fingerprint density at radius 2 is 1.68 bits per heavy atom. The molecule has 1 atom stereocenters. The fraction of sp³-hybridized carbons (Fsp3) is 0.233. The van der Waals surface area contributed by atoms with Crippen LogP contribution in [0.2, 0.25) is 5.02 Å². The van der Waals surface area contributed by atoms with Crippen LogP contribution in [0.5, 0.6) is 0 Å². The maximum Gasteiger partial charge on any atom is 0.413 e. The highest BCUT2D eigenvalue weighted by Crippen LogP contribution is 2.49. The molecule has 3 aromatic carbocycles. The minimum Gasteiger partial charge on any atom is -0.468 e. The van der Waals surface area contributed by atoms with E-state index >= 15 is 8.78 Å². The van der Waals surface area contributed by atoms with Gasteiger partial charge in [0.05, 0.1) is 18.7 Å². The molecule has 7 nitrogen and oxygen atoms in total. The summed E-state index contributed by atoms with van der Waals surface area (Å²) < 4.78 is 42.5. The second-order valence-electron chi connectivity index (χ2n) is 9.69. The number of hydrogen-bond donors (Lipinski definition) is 1. The number of amides is 1. The van der Waals surface area contributed by atoms with Crippen LogP contribution in [0, 0.1) is 11.6 Å². The van der Waals surface area contributed by atoms with Gasteiger partial charge in [0.2, 0.25) is 0 Å². The first-order valence-corrected chi connectivity index (χ1v) is 12.9. The average molecular weight is 566 g/mol. The number of carbonyl (C=O) groups is 2. The standard InChI is InChI=1S/C30H26ClF2N3O4/c1-17(20-6-4-5-7-24(20)31)40-29(38)35-27-23(16-34-36(27)2)22-15-25(32)21(14-26(22)33)18-8-10-19(11-9-18)30(12-13-30)28(37)39-3/h4-11,14-17H,12-13H2,1-3H3,(H,35,38)/t17-/m1/s1. The fourth-order valence-electron chi connectivity index (χ4n) is 4.81. The molecule has 206 valence electrons. The first-order valence-electron chi connectivity index (χ1n) is 12.6. The zero-order valence-corrected chi connectivity index (χ0v) is 22.8. The third-order valence-corrected chi connectivity index (χ3v) is 7.55. The summed E-state index contributed by atoms with van der Waals surface area (Å²) in [5.74, 6) is -1.54. The van der Waals surface area contributed by atoms with Crippen LogP contribution in [0.3, 0.4) is 0 Å². The topological polar surface area (TPSA) is 82.5 Å². The third-order valence-electron chi connectivity index (χ3n) is 7.21. The van der Waals surface area contributed by atoms with Crippen molar-refractivity contribution in [2.75, 3.05) is 12.4 Å². The first kappa shape index (κ1) is 27.3. The van der Waals surface area contributed by atoms with Gasteiger partial charge < -0.3 is 9.47 Å². The number of nitrogens with zero attached hydrogens (tertiary/aromatic N) is 2. The molecule has 40 heavy (non-hydrogen) atoms. The molecule has 1 N–H and O–H groups in total. The van der Waals surface area contributed by atoms with Crippen LogP contribution in [0.25, 0.3) is 22.3 Å². The van der Waals surface area contributed by atoms with E-state index in [-0.39, 0.29) is 28.5 Å². The van der Waals surface area contributed by atoms with Gasteiger partial charge in [0.25, 0.3) is 0 Å². The van der Waals surface area contributed by atoms with Crippen LogP contribution in [0.15, 0.2) is 66.9 Å². The van der Waals surface area contributed by atoms with Gasteiger partial charge in [0, 0.05) is 34.3 Å². The second-order valence-corrected chi connectivity index (χ2v) is 10.1. The molecule has 1 amide bonds. The molecule has 1 aliphatic carbocycles. The number of anilines is 1. The lowest BCUT2D eigenvalue weighted by molar-refractivity contribution is -0.143. The Labute approximate surface area is 234 Å². The number of halogens is 3. The largest absolute Gasteiger partial charge is 0.468 e. The molecule has 0 radical (unpaired) electrons. The average Bonchev–Trinajstić information content (AvgIpc) is 3.68. The second kappa shape index (κ2) is 10.7. The minimum atomic E-state index is -0.810. The predicted molar refractivity (Wildman–Crippen MR) is 147 cm³/mol. The van der Waals surface area contributed by atoms with Crippen molar-refractivity contribution in [1.82, 2.24) is 9.78 Å². The van der Waals surface area contributed by atoms with Gasteiger partial charge in [-0.2, -0.15) is 5.10 Å². The summed E-state index contributed by atoms with van der Waals surface area (Å²) in [6.45, 7) is 1.67. The summed E-state index contributed by atoms with van der Waals surface area (Å²) in [7, 11) is 2.91. The summed E-state index contributed by atoms with van der Waals surface area (Å²) in [5.41, 5.74) is 1.36. The number of carbonyl (C=O) groups excluding carboxylic acids is 2. The molecule has 0 spiro atoms. The van der Waals surface area contributed by atoms with E-state index in [0.717, 1.165) is 17.7 Å². The molecule has 0 saturated heterocycles. The Morgan fingerprint density at radius 3 is 2.33 bits per heavy atom. The monoisotopic (exact) mass is 565 g/mol. The minimum absolute atomic E-state index is 0.0575.